The summed E-state index contributed by atoms with van der Waals surface area (Å²) in [6.45, 7) is 11.9. The van der Waals surface area contributed by atoms with Gasteiger partial charge in [-0.3, -0.25) is 4.79 Å². The number of ketones is 1. The molecule has 1 rings (SSSR count). The molecule has 0 radical (unpaired) electrons. The number of carbonyl (C=O) groups excluding carboxylic acids is 1. The third-order valence-electron chi connectivity index (χ3n) is 2.25. The number of carbonyl (C=O) groups is 1. The van der Waals surface area contributed by atoms with Gasteiger partial charge in [-0.25, -0.2) is 0 Å². The molecule has 0 bridgehead atoms. The smallest absolute Gasteiger partial charge is 0.182 e. The Labute approximate surface area is 79.8 Å². The van der Waals surface area contributed by atoms with Gasteiger partial charge in [0.25, 0.3) is 0 Å². The van der Waals surface area contributed by atoms with Gasteiger partial charge in [-0.1, -0.05) is 27.4 Å². The molecule has 0 spiro atoms. The average molecular weight is 176 g/mol. The van der Waals surface area contributed by atoms with Crippen LogP contribution in [0.25, 0.3) is 0 Å². The maximum Gasteiger partial charge on any atom is 0.182 e. The molecule has 0 unspecified atom stereocenters. The summed E-state index contributed by atoms with van der Waals surface area (Å²) in [7, 11) is 0. The molecule has 0 saturated carbocycles. The van der Waals surface area contributed by atoms with Gasteiger partial charge in [0.05, 0.1) is 0 Å². The van der Waals surface area contributed by atoms with Crippen LogP contribution in [0.1, 0.15) is 27.7 Å². The zero-order valence-corrected chi connectivity index (χ0v) is 8.77. The summed E-state index contributed by atoms with van der Waals surface area (Å²) in [6, 6.07) is 0. The fourth-order valence-corrected chi connectivity index (χ4v) is 1.31. The standard InChI is InChI=1S/C12H16O/c1-8-6-10(12(3,4)5)11(13)7-9(8)2/h6-7H,1H2,2-5H3. The molecule has 1 heteroatoms. The van der Waals surface area contributed by atoms with E-state index in [0.717, 1.165) is 16.7 Å². The molecule has 0 aromatic carbocycles. The maximum atomic E-state index is 11.6. The summed E-state index contributed by atoms with van der Waals surface area (Å²) < 4.78 is 0. The van der Waals surface area contributed by atoms with Gasteiger partial charge in [-0.2, -0.15) is 0 Å². The van der Waals surface area contributed by atoms with E-state index < -0.39 is 0 Å². The Kier molecular flexibility index (Phi) is 2.29. The Morgan fingerprint density at radius 2 is 1.77 bits per heavy atom. The van der Waals surface area contributed by atoms with Crippen molar-refractivity contribution < 1.29 is 4.79 Å². The lowest BCUT2D eigenvalue weighted by atomic mass is 9.79. The van der Waals surface area contributed by atoms with E-state index in [2.05, 4.69) is 6.58 Å². The summed E-state index contributed by atoms with van der Waals surface area (Å²) in [5, 5.41) is 0. The van der Waals surface area contributed by atoms with E-state index in [1.165, 1.54) is 0 Å². The van der Waals surface area contributed by atoms with Crippen LogP contribution in [-0.2, 0) is 4.79 Å². The molecule has 1 aliphatic rings. The van der Waals surface area contributed by atoms with E-state index in [9.17, 15) is 4.79 Å². The first-order valence-electron chi connectivity index (χ1n) is 4.46. The van der Waals surface area contributed by atoms with Crippen LogP contribution in [0, 0.1) is 5.41 Å². The zero-order valence-electron chi connectivity index (χ0n) is 8.77. The molecule has 0 saturated heterocycles. The molecule has 13 heavy (non-hydrogen) atoms. The largest absolute Gasteiger partial charge is 0.290 e. The molecular weight excluding hydrogens is 160 g/mol. The molecule has 0 aliphatic heterocycles. The minimum atomic E-state index is -0.0861. The summed E-state index contributed by atoms with van der Waals surface area (Å²) in [5.74, 6) is 0.123. The summed E-state index contributed by atoms with van der Waals surface area (Å²) >= 11 is 0. The van der Waals surface area contributed by atoms with Crippen molar-refractivity contribution in [1.82, 2.24) is 0 Å². The van der Waals surface area contributed by atoms with Gasteiger partial charge in [0.15, 0.2) is 5.78 Å². The number of rotatable bonds is 0. The number of allylic oxidation sites excluding steroid dienone is 5. The highest BCUT2D eigenvalue weighted by atomic mass is 16.1. The zero-order chi connectivity index (χ0) is 10.2. The fourth-order valence-electron chi connectivity index (χ4n) is 1.31. The van der Waals surface area contributed by atoms with E-state index >= 15 is 0 Å². The molecule has 0 amide bonds. The van der Waals surface area contributed by atoms with Crippen molar-refractivity contribution in [3.05, 3.63) is 35.5 Å². The van der Waals surface area contributed by atoms with Crippen molar-refractivity contribution in [2.24, 2.45) is 5.41 Å². The van der Waals surface area contributed by atoms with Crippen molar-refractivity contribution in [3.8, 4) is 0 Å². The van der Waals surface area contributed by atoms with Crippen LogP contribution >= 0.6 is 0 Å². The molecular formula is C12H16O. The normalized spacial score (nSPS) is 18.5. The number of hydrogen-bond donors (Lipinski definition) is 0. The molecule has 0 aromatic rings. The molecule has 1 nitrogen and oxygen atoms in total. The average Bonchev–Trinajstić information content (AvgIpc) is 1.94. The lowest BCUT2D eigenvalue weighted by Gasteiger charge is -2.24. The van der Waals surface area contributed by atoms with E-state index in [0.29, 0.717) is 0 Å². The lowest BCUT2D eigenvalue weighted by molar-refractivity contribution is -0.112. The highest BCUT2D eigenvalue weighted by Gasteiger charge is 2.25. The first-order chi connectivity index (χ1) is 5.82. The third-order valence-corrected chi connectivity index (χ3v) is 2.25. The van der Waals surface area contributed by atoms with Crippen molar-refractivity contribution >= 4 is 5.78 Å². The first-order valence-corrected chi connectivity index (χ1v) is 4.46. The Balaban J connectivity index is 3.11. The van der Waals surface area contributed by atoms with Crippen molar-refractivity contribution in [2.75, 3.05) is 0 Å². The van der Waals surface area contributed by atoms with Crippen molar-refractivity contribution in [1.29, 1.82) is 0 Å². The van der Waals surface area contributed by atoms with Crippen LogP contribution in [0.2, 0.25) is 0 Å². The van der Waals surface area contributed by atoms with Gasteiger partial charge in [0, 0.05) is 5.57 Å². The molecule has 0 fully saturated rings. The second-order valence-electron chi connectivity index (χ2n) is 4.52. The summed E-state index contributed by atoms with van der Waals surface area (Å²) in [6.07, 6.45) is 3.57. The predicted molar refractivity (Wildman–Crippen MR) is 55.4 cm³/mol. The van der Waals surface area contributed by atoms with E-state index in [1.807, 2.05) is 33.8 Å². The molecule has 70 valence electrons. The van der Waals surface area contributed by atoms with Crippen LogP contribution in [0.3, 0.4) is 0 Å². The third kappa shape index (κ3) is 1.97. The SMILES string of the molecule is C=C1C=C(C(C)(C)C)C(=O)C=C1C. The first kappa shape index (κ1) is 9.97. The fraction of sp³-hybridized carbons (Fsp3) is 0.417. The van der Waals surface area contributed by atoms with Gasteiger partial charge in [-0.15, -0.1) is 0 Å². The van der Waals surface area contributed by atoms with Crippen LogP contribution < -0.4 is 0 Å². The summed E-state index contributed by atoms with van der Waals surface area (Å²) in [5.41, 5.74) is 2.68. The summed E-state index contributed by atoms with van der Waals surface area (Å²) in [4.78, 5) is 11.6. The number of hydrogen-bond acceptors (Lipinski definition) is 1. The Morgan fingerprint density at radius 3 is 2.23 bits per heavy atom. The Morgan fingerprint density at radius 1 is 1.23 bits per heavy atom. The Bertz CT molecular complexity index is 322. The van der Waals surface area contributed by atoms with E-state index in [4.69, 9.17) is 0 Å². The predicted octanol–water partition coefficient (Wildman–Crippen LogP) is 3.04. The van der Waals surface area contributed by atoms with Gasteiger partial charge in [0.1, 0.15) is 0 Å². The molecule has 0 N–H and O–H groups in total. The Hall–Kier alpha value is -1.11. The highest BCUT2D eigenvalue weighted by molar-refractivity contribution is 6.07. The van der Waals surface area contributed by atoms with E-state index in [1.54, 1.807) is 6.08 Å². The van der Waals surface area contributed by atoms with Crippen LogP contribution in [0.4, 0.5) is 0 Å². The topological polar surface area (TPSA) is 17.1 Å². The van der Waals surface area contributed by atoms with E-state index in [-0.39, 0.29) is 11.2 Å². The monoisotopic (exact) mass is 176 g/mol. The van der Waals surface area contributed by atoms with Crippen LogP contribution in [0.5, 0.6) is 0 Å². The van der Waals surface area contributed by atoms with Gasteiger partial charge in [0.2, 0.25) is 0 Å². The minimum Gasteiger partial charge on any atom is -0.290 e. The lowest BCUT2D eigenvalue weighted by Crippen LogP contribution is -2.19. The molecule has 0 atom stereocenters. The van der Waals surface area contributed by atoms with Crippen LogP contribution in [-0.4, -0.2) is 5.78 Å². The van der Waals surface area contributed by atoms with Gasteiger partial charge >= 0.3 is 0 Å². The quantitative estimate of drug-likeness (QED) is 0.554. The second kappa shape index (κ2) is 2.99. The van der Waals surface area contributed by atoms with Gasteiger partial charge in [-0.05, 0) is 35.6 Å². The molecule has 0 heterocycles. The van der Waals surface area contributed by atoms with Crippen molar-refractivity contribution in [3.63, 3.8) is 0 Å². The minimum absolute atomic E-state index is 0.0861. The maximum absolute atomic E-state index is 11.6. The van der Waals surface area contributed by atoms with Gasteiger partial charge < -0.3 is 0 Å². The van der Waals surface area contributed by atoms with Crippen LogP contribution in [0.15, 0.2) is 35.5 Å². The second-order valence-corrected chi connectivity index (χ2v) is 4.52. The van der Waals surface area contributed by atoms with Crippen molar-refractivity contribution in [2.45, 2.75) is 27.7 Å². The molecule has 1 aliphatic carbocycles. The highest BCUT2D eigenvalue weighted by Crippen LogP contribution is 2.31. The molecule has 0 aromatic heterocycles.